The van der Waals surface area contributed by atoms with Gasteiger partial charge in [0, 0.05) is 20.0 Å². The number of hydrogen-bond acceptors (Lipinski definition) is 4. The van der Waals surface area contributed by atoms with Crippen LogP contribution in [0.15, 0.2) is 83.9 Å². The van der Waals surface area contributed by atoms with Gasteiger partial charge in [0.1, 0.15) is 5.03 Å². The molecule has 0 fully saturated rings. The molecule has 0 aliphatic heterocycles. The first kappa shape index (κ1) is 21.1. The number of thioether (sulfide) groups is 1. The van der Waals surface area contributed by atoms with Gasteiger partial charge in [0.2, 0.25) is 5.91 Å². The molecule has 4 aromatic rings. The number of para-hydroxylation sites is 2. The molecule has 3 aromatic carbocycles. The second-order valence-corrected chi connectivity index (χ2v) is 8.61. The lowest BCUT2D eigenvalue weighted by molar-refractivity contribution is -0.127. The summed E-state index contributed by atoms with van der Waals surface area (Å²) in [5, 5.41) is 0.820. The van der Waals surface area contributed by atoms with E-state index in [2.05, 4.69) is 31.2 Å². The molecule has 1 amide bonds. The molecule has 0 bridgehead atoms. The normalized spacial score (nSPS) is 10.9. The van der Waals surface area contributed by atoms with Gasteiger partial charge in [0.05, 0.1) is 22.5 Å². The van der Waals surface area contributed by atoms with Crippen LogP contribution in [-0.4, -0.2) is 33.6 Å². The van der Waals surface area contributed by atoms with Crippen LogP contribution < -0.4 is 0 Å². The quantitative estimate of drug-likeness (QED) is 0.377. The summed E-state index contributed by atoms with van der Waals surface area (Å²) in [6.07, 6.45) is 0.689. The van der Waals surface area contributed by atoms with Crippen LogP contribution in [-0.2, 0) is 17.8 Å². The van der Waals surface area contributed by atoms with Crippen LogP contribution in [0.2, 0.25) is 0 Å². The second-order valence-electron chi connectivity index (χ2n) is 7.65. The third-order valence-corrected chi connectivity index (χ3v) is 6.11. The second kappa shape index (κ2) is 9.75. The number of carbonyl (C=O) groups excluding carboxylic acids is 1. The number of nitrogens with zero attached hydrogens (tertiary/aromatic N) is 3. The van der Waals surface area contributed by atoms with Crippen LogP contribution in [0.3, 0.4) is 0 Å². The van der Waals surface area contributed by atoms with Gasteiger partial charge in [-0.15, -0.1) is 0 Å². The first-order valence-corrected chi connectivity index (χ1v) is 11.3. The maximum atomic E-state index is 12.7. The fourth-order valence-electron chi connectivity index (χ4n) is 3.34. The number of hydrogen-bond donors (Lipinski definition) is 0. The minimum atomic E-state index is 0.0742. The number of rotatable bonds is 7. The Labute approximate surface area is 187 Å². The van der Waals surface area contributed by atoms with Gasteiger partial charge in [-0.3, -0.25) is 4.79 Å². The van der Waals surface area contributed by atoms with E-state index in [1.165, 1.54) is 22.9 Å². The molecule has 5 heteroatoms. The average Bonchev–Trinajstić information content (AvgIpc) is 2.79. The Bertz CT molecular complexity index is 1180. The molecule has 1 heterocycles. The van der Waals surface area contributed by atoms with E-state index >= 15 is 0 Å². The van der Waals surface area contributed by atoms with Crippen molar-refractivity contribution >= 4 is 28.7 Å². The van der Waals surface area contributed by atoms with Crippen molar-refractivity contribution in [3.8, 4) is 0 Å². The average molecular weight is 428 g/mol. The van der Waals surface area contributed by atoms with Gasteiger partial charge in [-0.05, 0) is 30.2 Å². The number of aryl methyl sites for hydroxylation is 1. The summed E-state index contributed by atoms with van der Waals surface area (Å²) < 4.78 is 0. The van der Waals surface area contributed by atoms with Gasteiger partial charge in [-0.25, -0.2) is 9.97 Å². The van der Waals surface area contributed by atoms with E-state index in [4.69, 9.17) is 9.97 Å². The summed E-state index contributed by atoms with van der Waals surface area (Å²) in [7, 11) is 1.84. The zero-order chi connectivity index (χ0) is 21.6. The lowest BCUT2D eigenvalue weighted by Crippen LogP contribution is -2.27. The smallest absolute Gasteiger partial charge is 0.233 e. The summed E-state index contributed by atoms with van der Waals surface area (Å²) in [4.78, 5) is 24.2. The Hall–Kier alpha value is -3.18. The van der Waals surface area contributed by atoms with E-state index in [1.54, 1.807) is 4.90 Å². The van der Waals surface area contributed by atoms with Crippen LogP contribution in [0.5, 0.6) is 0 Å². The Morgan fingerprint density at radius 1 is 0.839 bits per heavy atom. The third kappa shape index (κ3) is 5.50. The molecule has 31 heavy (non-hydrogen) atoms. The monoisotopic (exact) mass is 427 g/mol. The van der Waals surface area contributed by atoms with E-state index in [0.29, 0.717) is 18.7 Å². The molecule has 4 rings (SSSR count). The molecule has 156 valence electrons. The topological polar surface area (TPSA) is 46.1 Å². The summed E-state index contributed by atoms with van der Waals surface area (Å²) in [5.41, 5.74) is 6.17. The largest absolute Gasteiger partial charge is 0.341 e. The van der Waals surface area contributed by atoms with E-state index in [9.17, 15) is 4.79 Å². The highest BCUT2D eigenvalue weighted by atomic mass is 32.2. The SMILES string of the molecule is Cc1ccc(Cc2nc3ccccc3nc2SCC(=O)N(C)Cc2ccccc2)cc1. The molecule has 1 aromatic heterocycles. The zero-order valence-corrected chi connectivity index (χ0v) is 18.6. The lowest BCUT2D eigenvalue weighted by Gasteiger charge is -2.17. The molecule has 0 N–H and O–H groups in total. The van der Waals surface area contributed by atoms with Gasteiger partial charge in [0.15, 0.2) is 0 Å². The van der Waals surface area contributed by atoms with Gasteiger partial charge < -0.3 is 4.90 Å². The third-order valence-electron chi connectivity index (χ3n) is 5.12. The molecule has 0 saturated carbocycles. The van der Waals surface area contributed by atoms with Crippen molar-refractivity contribution in [2.45, 2.75) is 24.9 Å². The summed E-state index contributed by atoms with van der Waals surface area (Å²) >= 11 is 1.47. The van der Waals surface area contributed by atoms with Crippen molar-refractivity contribution in [3.63, 3.8) is 0 Å². The molecule has 0 aliphatic rings. The van der Waals surface area contributed by atoms with Crippen molar-refractivity contribution in [2.24, 2.45) is 0 Å². The number of amides is 1. The van der Waals surface area contributed by atoms with Crippen LogP contribution >= 0.6 is 11.8 Å². The van der Waals surface area contributed by atoms with Gasteiger partial charge in [0.25, 0.3) is 0 Å². The zero-order valence-electron chi connectivity index (χ0n) is 17.8. The highest BCUT2D eigenvalue weighted by molar-refractivity contribution is 7.99. The Balaban J connectivity index is 1.52. The standard InChI is InChI=1S/C26H25N3OS/c1-19-12-14-20(15-13-19)16-24-26(28-23-11-7-6-10-22(23)27-24)31-18-25(30)29(2)17-21-8-4-3-5-9-21/h3-15H,16-18H2,1-2H3. The maximum Gasteiger partial charge on any atom is 0.233 e. The Morgan fingerprint density at radius 3 is 2.19 bits per heavy atom. The Kier molecular flexibility index (Phi) is 6.63. The lowest BCUT2D eigenvalue weighted by atomic mass is 10.1. The molecular formula is C26H25N3OS. The minimum absolute atomic E-state index is 0.0742. The number of fused-ring (bicyclic) bond motifs is 1. The van der Waals surface area contributed by atoms with Crippen molar-refractivity contribution in [3.05, 3.63) is 101 Å². The minimum Gasteiger partial charge on any atom is -0.341 e. The predicted octanol–water partition coefficient (Wildman–Crippen LogP) is 5.28. The number of benzene rings is 3. The number of aromatic nitrogens is 2. The summed E-state index contributed by atoms with van der Waals surface area (Å²) in [5.74, 6) is 0.405. The van der Waals surface area contributed by atoms with Crippen LogP contribution in [0, 0.1) is 6.92 Å². The predicted molar refractivity (Wildman–Crippen MR) is 127 cm³/mol. The van der Waals surface area contributed by atoms with E-state index in [1.807, 2.05) is 61.6 Å². The van der Waals surface area contributed by atoms with Gasteiger partial charge in [-0.2, -0.15) is 0 Å². The highest BCUT2D eigenvalue weighted by Gasteiger charge is 2.15. The molecule has 4 nitrogen and oxygen atoms in total. The first-order valence-electron chi connectivity index (χ1n) is 10.3. The van der Waals surface area contributed by atoms with Gasteiger partial charge >= 0.3 is 0 Å². The molecule has 0 radical (unpaired) electrons. The first-order chi connectivity index (χ1) is 15.1. The summed E-state index contributed by atoms with van der Waals surface area (Å²) in [6, 6.07) is 26.4. The molecular weight excluding hydrogens is 402 g/mol. The van der Waals surface area contributed by atoms with Crippen molar-refractivity contribution in [1.82, 2.24) is 14.9 Å². The molecule has 0 aliphatic carbocycles. The maximum absolute atomic E-state index is 12.7. The van der Waals surface area contributed by atoms with E-state index in [0.717, 1.165) is 27.3 Å². The van der Waals surface area contributed by atoms with Crippen LogP contribution in [0.25, 0.3) is 11.0 Å². The van der Waals surface area contributed by atoms with Crippen LogP contribution in [0.4, 0.5) is 0 Å². The summed E-state index contributed by atoms with van der Waals surface area (Å²) in [6.45, 7) is 2.68. The molecule has 0 spiro atoms. The van der Waals surface area contributed by atoms with Crippen molar-refractivity contribution < 1.29 is 4.79 Å². The van der Waals surface area contributed by atoms with Crippen molar-refractivity contribution in [2.75, 3.05) is 12.8 Å². The number of carbonyl (C=O) groups is 1. The van der Waals surface area contributed by atoms with E-state index in [-0.39, 0.29) is 5.91 Å². The van der Waals surface area contributed by atoms with Crippen LogP contribution in [0.1, 0.15) is 22.4 Å². The highest BCUT2D eigenvalue weighted by Crippen LogP contribution is 2.25. The molecule has 0 atom stereocenters. The molecule has 0 unspecified atom stereocenters. The van der Waals surface area contributed by atoms with E-state index < -0.39 is 0 Å². The molecule has 0 saturated heterocycles. The fourth-order valence-corrected chi connectivity index (χ4v) is 4.26. The van der Waals surface area contributed by atoms with Crippen molar-refractivity contribution in [1.29, 1.82) is 0 Å². The van der Waals surface area contributed by atoms with Gasteiger partial charge in [-0.1, -0.05) is 84.1 Å². The fraction of sp³-hybridized carbons (Fsp3) is 0.192. The Morgan fingerprint density at radius 2 is 1.48 bits per heavy atom.